The number of hydrogen-bond donors (Lipinski definition) is 1. The first-order valence-electron chi connectivity index (χ1n) is 8.55. The summed E-state index contributed by atoms with van der Waals surface area (Å²) in [5, 5.41) is 6.79. The van der Waals surface area contributed by atoms with Crippen LogP contribution in [0.1, 0.15) is 16.8 Å². The Morgan fingerprint density at radius 3 is 2.78 bits per heavy atom. The Kier molecular flexibility index (Phi) is 4.61. The predicted octanol–water partition coefficient (Wildman–Crippen LogP) is 3.71. The van der Waals surface area contributed by atoms with Crippen molar-refractivity contribution in [2.24, 2.45) is 0 Å². The summed E-state index contributed by atoms with van der Waals surface area (Å²) in [6, 6.07) is 15.3. The minimum Gasteiger partial charge on any atom is -0.454 e. The first-order chi connectivity index (χ1) is 13.2. The Balaban J connectivity index is 1.33. The van der Waals surface area contributed by atoms with Crippen molar-refractivity contribution in [1.29, 1.82) is 0 Å². The monoisotopic (exact) mass is 362 g/mol. The van der Waals surface area contributed by atoms with E-state index in [1.807, 2.05) is 55.5 Å². The molecule has 27 heavy (non-hydrogen) atoms. The Hall–Kier alpha value is -3.54. The fraction of sp³-hybridized carbons (Fsp3) is 0.143. The number of aryl methyl sites for hydroxylation is 1. The van der Waals surface area contributed by atoms with Gasteiger partial charge in [-0.15, -0.1) is 0 Å². The van der Waals surface area contributed by atoms with Gasteiger partial charge in [0.05, 0.1) is 6.54 Å². The van der Waals surface area contributed by atoms with Gasteiger partial charge in [-0.25, -0.2) is 0 Å². The van der Waals surface area contributed by atoms with Gasteiger partial charge >= 0.3 is 0 Å². The number of aromatic nitrogens is 1. The van der Waals surface area contributed by atoms with E-state index in [4.69, 9.17) is 14.0 Å². The lowest BCUT2D eigenvalue weighted by Crippen LogP contribution is -2.20. The zero-order chi connectivity index (χ0) is 18.6. The molecule has 2 aromatic carbocycles. The van der Waals surface area contributed by atoms with Gasteiger partial charge in [0.1, 0.15) is 5.69 Å². The maximum absolute atomic E-state index is 12.0. The van der Waals surface area contributed by atoms with Gasteiger partial charge in [0.25, 0.3) is 0 Å². The molecule has 6 nitrogen and oxygen atoms in total. The first kappa shape index (κ1) is 16.9. The van der Waals surface area contributed by atoms with E-state index in [1.165, 1.54) is 11.6 Å². The van der Waals surface area contributed by atoms with E-state index in [1.54, 1.807) is 6.08 Å². The van der Waals surface area contributed by atoms with Crippen molar-refractivity contribution >= 4 is 12.0 Å². The molecule has 0 saturated heterocycles. The second-order valence-electron chi connectivity index (χ2n) is 6.21. The number of fused-ring (bicyclic) bond motifs is 1. The number of nitrogens with zero attached hydrogens (tertiary/aromatic N) is 1. The standard InChI is InChI=1S/C21H18N2O4/c1-14-2-6-16(7-3-14)19-11-17(23-27-19)12-22-21(24)9-5-15-4-8-18-20(10-15)26-13-25-18/h2-11H,12-13H2,1H3,(H,22,24). The molecule has 0 bridgehead atoms. The van der Waals surface area contributed by atoms with Crippen LogP contribution < -0.4 is 14.8 Å². The largest absolute Gasteiger partial charge is 0.454 e. The molecule has 1 aliphatic heterocycles. The molecule has 136 valence electrons. The fourth-order valence-corrected chi connectivity index (χ4v) is 2.67. The molecule has 2 heterocycles. The highest BCUT2D eigenvalue weighted by molar-refractivity contribution is 5.91. The van der Waals surface area contributed by atoms with Crippen LogP contribution in [0, 0.1) is 6.92 Å². The van der Waals surface area contributed by atoms with Crippen LogP contribution in [0.4, 0.5) is 0 Å². The van der Waals surface area contributed by atoms with Gasteiger partial charge in [-0.2, -0.15) is 0 Å². The minimum atomic E-state index is -0.215. The summed E-state index contributed by atoms with van der Waals surface area (Å²) in [7, 11) is 0. The summed E-state index contributed by atoms with van der Waals surface area (Å²) < 4.78 is 15.9. The lowest BCUT2D eigenvalue weighted by atomic mass is 10.1. The number of carbonyl (C=O) groups excluding carboxylic acids is 1. The van der Waals surface area contributed by atoms with E-state index in [9.17, 15) is 4.79 Å². The summed E-state index contributed by atoms with van der Waals surface area (Å²) in [5.41, 5.74) is 3.65. The average molecular weight is 362 g/mol. The van der Waals surface area contributed by atoms with Crippen molar-refractivity contribution in [3.63, 3.8) is 0 Å². The number of amides is 1. The number of hydrogen-bond acceptors (Lipinski definition) is 5. The summed E-state index contributed by atoms with van der Waals surface area (Å²) in [5.74, 6) is 1.86. The van der Waals surface area contributed by atoms with E-state index < -0.39 is 0 Å². The molecule has 6 heteroatoms. The Labute approximate surface area is 156 Å². The van der Waals surface area contributed by atoms with Crippen molar-refractivity contribution in [2.45, 2.75) is 13.5 Å². The third-order valence-electron chi connectivity index (χ3n) is 4.16. The molecule has 1 amide bonds. The molecule has 1 aromatic heterocycles. The minimum absolute atomic E-state index is 0.215. The molecule has 0 radical (unpaired) electrons. The summed E-state index contributed by atoms with van der Waals surface area (Å²) >= 11 is 0. The number of nitrogens with one attached hydrogen (secondary N) is 1. The van der Waals surface area contributed by atoms with Gasteiger partial charge in [-0.05, 0) is 30.7 Å². The highest BCUT2D eigenvalue weighted by Gasteiger charge is 2.12. The second-order valence-corrected chi connectivity index (χ2v) is 6.21. The van der Waals surface area contributed by atoms with Crippen molar-refractivity contribution in [2.75, 3.05) is 6.79 Å². The molecule has 4 rings (SSSR count). The van der Waals surface area contributed by atoms with Gasteiger partial charge in [0, 0.05) is 17.7 Å². The molecular formula is C21H18N2O4. The number of carbonyl (C=O) groups is 1. The van der Waals surface area contributed by atoms with Crippen molar-refractivity contribution < 1.29 is 18.8 Å². The second kappa shape index (κ2) is 7.37. The normalized spacial score (nSPS) is 12.5. The van der Waals surface area contributed by atoms with Crippen LogP contribution in [0.15, 0.2) is 59.1 Å². The van der Waals surface area contributed by atoms with Crippen molar-refractivity contribution in [3.05, 3.63) is 71.4 Å². The van der Waals surface area contributed by atoms with E-state index in [-0.39, 0.29) is 12.7 Å². The van der Waals surface area contributed by atoms with Crippen molar-refractivity contribution in [1.82, 2.24) is 10.5 Å². The quantitative estimate of drug-likeness (QED) is 0.701. The van der Waals surface area contributed by atoms with Crippen LogP contribution in [0.3, 0.4) is 0 Å². The fourth-order valence-electron chi connectivity index (χ4n) is 2.67. The Morgan fingerprint density at radius 1 is 1.11 bits per heavy atom. The Morgan fingerprint density at radius 2 is 1.93 bits per heavy atom. The smallest absolute Gasteiger partial charge is 0.244 e. The van der Waals surface area contributed by atoms with E-state index in [0.717, 1.165) is 11.1 Å². The number of ether oxygens (including phenoxy) is 2. The van der Waals surface area contributed by atoms with Gasteiger partial charge < -0.3 is 19.3 Å². The lowest BCUT2D eigenvalue weighted by molar-refractivity contribution is -0.116. The van der Waals surface area contributed by atoms with E-state index in [2.05, 4.69) is 10.5 Å². The van der Waals surface area contributed by atoms with Crippen LogP contribution in [0.2, 0.25) is 0 Å². The molecule has 0 saturated carbocycles. The molecule has 0 atom stereocenters. The summed E-state index contributed by atoms with van der Waals surface area (Å²) in [6.45, 7) is 2.55. The average Bonchev–Trinajstić information content (AvgIpc) is 3.34. The van der Waals surface area contributed by atoms with E-state index in [0.29, 0.717) is 29.5 Å². The highest BCUT2D eigenvalue weighted by Crippen LogP contribution is 2.32. The molecule has 0 spiro atoms. The number of benzene rings is 2. The zero-order valence-electron chi connectivity index (χ0n) is 14.8. The third-order valence-corrected chi connectivity index (χ3v) is 4.16. The van der Waals surface area contributed by atoms with Crippen LogP contribution in [-0.4, -0.2) is 17.9 Å². The van der Waals surface area contributed by atoms with Crippen LogP contribution in [-0.2, 0) is 11.3 Å². The molecule has 1 N–H and O–H groups in total. The summed E-state index contributed by atoms with van der Waals surface area (Å²) in [4.78, 5) is 12.0. The van der Waals surface area contributed by atoms with Gasteiger partial charge in [0.2, 0.25) is 12.7 Å². The molecule has 3 aromatic rings. The van der Waals surface area contributed by atoms with Gasteiger partial charge in [0.15, 0.2) is 17.3 Å². The SMILES string of the molecule is Cc1ccc(-c2cc(CNC(=O)C=Cc3ccc4c(c3)OCO4)no2)cc1. The van der Waals surface area contributed by atoms with Crippen LogP contribution in [0.5, 0.6) is 11.5 Å². The molecule has 1 aliphatic rings. The van der Waals surface area contributed by atoms with Crippen LogP contribution in [0.25, 0.3) is 17.4 Å². The molecule has 0 fully saturated rings. The van der Waals surface area contributed by atoms with Crippen LogP contribution >= 0.6 is 0 Å². The zero-order valence-corrected chi connectivity index (χ0v) is 14.8. The Bertz CT molecular complexity index is 990. The maximum Gasteiger partial charge on any atom is 0.244 e. The highest BCUT2D eigenvalue weighted by atomic mass is 16.7. The van der Waals surface area contributed by atoms with Gasteiger partial charge in [-0.1, -0.05) is 41.1 Å². The topological polar surface area (TPSA) is 73.6 Å². The molecular weight excluding hydrogens is 344 g/mol. The molecule has 0 aliphatic carbocycles. The third kappa shape index (κ3) is 4.00. The predicted molar refractivity (Wildman–Crippen MR) is 100 cm³/mol. The maximum atomic E-state index is 12.0. The van der Waals surface area contributed by atoms with E-state index >= 15 is 0 Å². The summed E-state index contributed by atoms with van der Waals surface area (Å²) in [6.07, 6.45) is 3.19. The van der Waals surface area contributed by atoms with Gasteiger partial charge in [-0.3, -0.25) is 4.79 Å². The van der Waals surface area contributed by atoms with Crippen molar-refractivity contribution in [3.8, 4) is 22.8 Å². The number of rotatable bonds is 5. The lowest BCUT2D eigenvalue weighted by Gasteiger charge is -1.99. The molecule has 0 unspecified atom stereocenters. The first-order valence-corrected chi connectivity index (χ1v) is 8.55.